The van der Waals surface area contributed by atoms with Gasteiger partial charge in [0.1, 0.15) is 0 Å². The molecule has 4 nitrogen and oxygen atoms in total. The molecule has 1 saturated carbocycles. The van der Waals surface area contributed by atoms with Crippen molar-refractivity contribution in [2.24, 2.45) is 0 Å². The average Bonchev–Trinajstić information content (AvgIpc) is 2.96. The first-order chi connectivity index (χ1) is 7.04. The first-order valence-corrected chi connectivity index (χ1v) is 5.61. The zero-order valence-corrected chi connectivity index (χ0v) is 9.75. The smallest absolute Gasteiger partial charge is 0.239 e. The molecule has 0 aliphatic heterocycles. The third-order valence-corrected chi connectivity index (χ3v) is 2.78. The van der Waals surface area contributed by atoms with Gasteiger partial charge >= 0.3 is 0 Å². The maximum Gasteiger partial charge on any atom is 0.239 e. The van der Waals surface area contributed by atoms with Crippen LogP contribution in [0.5, 0.6) is 0 Å². The number of amides is 2. The lowest BCUT2D eigenvalue weighted by molar-refractivity contribution is -0.136. The summed E-state index contributed by atoms with van der Waals surface area (Å²) in [5.41, 5.74) is 0. The van der Waals surface area contributed by atoms with Gasteiger partial charge in [0, 0.05) is 19.0 Å². The van der Waals surface area contributed by atoms with Gasteiger partial charge in [-0.05, 0) is 26.2 Å². The molecule has 15 heavy (non-hydrogen) atoms. The van der Waals surface area contributed by atoms with E-state index in [4.69, 9.17) is 0 Å². The summed E-state index contributed by atoms with van der Waals surface area (Å²) in [6.07, 6.45) is 3.03. The molecule has 1 N–H and O–H groups in total. The van der Waals surface area contributed by atoms with Crippen LogP contribution in [0.2, 0.25) is 0 Å². The maximum absolute atomic E-state index is 11.5. The lowest BCUT2D eigenvalue weighted by atomic mass is 10.2. The molecule has 1 atom stereocenters. The molecule has 0 aromatic carbocycles. The Kier molecular flexibility index (Phi) is 4.12. The van der Waals surface area contributed by atoms with Crippen molar-refractivity contribution in [2.45, 2.75) is 52.1 Å². The highest BCUT2D eigenvalue weighted by molar-refractivity contribution is 5.84. The van der Waals surface area contributed by atoms with Crippen LogP contribution < -0.4 is 5.32 Å². The molecule has 0 spiro atoms. The van der Waals surface area contributed by atoms with E-state index in [2.05, 4.69) is 5.32 Å². The van der Waals surface area contributed by atoms with E-state index in [1.807, 2.05) is 13.8 Å². The summed E-state index contributed by atoms with van der Waals surface area (Å²) in [6, 6.07) is 0.496. The Balaban J connectivity index is 2.41. The molecular weight excluding hydrogens is 192 g/mol. The van der Waals surface area contributed by atoms with Crippen LogP contribution in [0.3, 0.4) is 0 Å². The molecule has 0 aromatic rings. The van der Waals surface area contributed by atoms with Crippen LogP contribution in [-0.4, -0.2) is 35.3 Å². The molecule has 1 aliphatic carbocycles. The molecule has 0 heterocycles. The van der Waals surface area contributed by atoms with Crippen LogP contribution >= 0.6 is 0 Å². The topological polar surface area (TPSA) is 49.4 Å². The molecule has 0 saturated heterocycles. The molecule has 86 valence electrons. The summed E-state index contributed by atoms with van der Waals surface area (Å²) in [4.78, 5) is 24.5. The normalized spacial score (nSPS) is 17.0. The zero-order valence-electron chi connectivity index (χ0n) is 9.75. The van der Waals surface area contributed by atoms with E-state index in [9.17, 15) is 9.59 Å². The molecule has 1 unspecified atom stereocenters. The Labute approximate surface area is 91.0 Å². The largest absolute Gasteiger partial charge is 0.352 e. The van der Waals surface area contributed by atoms with Crippen LogP contribution in [0.25, 0.3) is 0 Å². The van der Waals surface area contributed by atoms with Gasteiger partial charge in [0.15, 0.2) is 0 Å². The molecule has 0 radical (unpaired) electrons. The fraction of sp³-hybridized carbons (Fsp3) is 0.818. The van der Waals surface area contributed by atoms with E-state index in [1.54, 1.807) is 4.90 Å². The van der Waals surface area contributed by atoms with E-state index >= 15 is 0 Å². The number of carbonyl (C=O) groups is 2. The third kappa shape index (κ3) is 3.90. The Morgan fingerprint density at radius 3 is 2.47 bits per heavy atom. The number of carbonyl (C=O) groups excluding carboxylic acids is 2. The fourth-order valence-electron chi connectivity index (χ4n) is 1.45. The van der Waals surface area contributed by atoms with E-state index in [0.717, 1.165) is 19.3 Å². The summed E-state index contributed by atoms with van der Waals surface area (Å²) >= 11 is 0. The van der Waals surface area contributed by atoms with Crippen LogP contribution in [0, 0.1) is 0 Å². The first-order valence-electron chi connectivity index (χ1n) is 5.61. The minimum atomic E-state index is -0.0343. The van der Waals surface area contributed by atoms with Crippen LogP contribution in [-0.2, 0) is 9.59 Å². The van der Waals surface area contributed by atoms with Crippen molar-refractivity contribution >= 4 is 11.8 Å². The number of hydrogen-bond acceptors (Lipinski definition) is 2. The molecule has 1 rings (SSSR count). The Morgan fingerprint density at radius 2 is 2.07 bits per heavy atom. The molecule has 2 amide bonds. The van der Waals surface area contributed by atoms with Gasteiger partial charge in [0.2, 0.25) is 11.8 Å². The van der Waals surface area contributed by atoms with Crippen molar-refractivity contribution in [3.8, 4) is 0 Å². The highest BCUT2D eigenvalue weighted by atomic mass is 16.2. The average molecular weight is 212 g/mol. The van der Waals surface area contributed by atoms with Gasteiger partial charge in [-0.1, -0.05) is 6.92 Å². The monoisotopic (exact) mass is 212 g/mol. The van der Waals surface area contributed by atoms with Gasteiger partial charge < -0.3 is 10.2 Å². The van der Waals surface area contributed by atoms with Crippen molar-refractivity contribution in [2.75, 3.05) is 6.54 Å². The van der Waals surface area contributed by atoms with Gasteiger partial charge in [-0.3, -0.25) is 9.59 Å². The van der Waals surface area contributed by atoms with Crippen molar-refractivity contribution < 1.29 is 9.59 Å². The second-order valence-corrected chi connectivity index (χ2v) is 4.25. The summed E-state index contributed by atoms with van der Waals surface area (Å²) < 4.78 is 0. The van der Waals surface area contributed by atoms with Crippen molar-refractivity contribution in [3.63, 3.8) is 0 Å². The lowest BCUT2D eigenvalue weighted by Gasteiger charge is -2.26. The van der Waals surface area contributed by atoms with E-state index < -0.39 is 0 Å². The van der Waals surface area contributed by atoms with Crippen molar-refractivity contribution in [1.29, 1.82) is 0 Å². The number of nitrogens with one attached hydrogen (secondary N) is 1. The van der Waals surface area contributed by atoms with E-state index in [0.29, 0.717) is 6.04 Å². The molecular formula is C11H20N2O2. The second kappa shape index (κ2) is 5.14. The highest BCUT2D eigenvalue weighted by Crippen LogP contribution is 2.18. The maximum atomic E-state index is 11.5. The van der Waals surface area contributed by atoms with Crippen molar-refractivity contribution in [3.05, 3.63) is 0 Å². The van der Waals surface area contributed by atoms with Gasteiger partial charge in [0.25, 0.3) is 0 Å². The van der Waals surface area contributed by atoms with Gasteiger partial charge in [0.05, 0.1) is 6.54 Å². The molecule has 0 bridgehead atoms. The Morgan fingerprint density at radius 1 is 1.47 bits per heavy atom. The van der Waals surface area contributed by atoms with Gasteiger partial charge in [-0.2, -0.15) is 0 Å². The second-order valence-electron chi connectivity index (χ2n) is 4.25. The van der Waals surface area contributed by atoms with Crippen molar-refractivity contribution in [1.82, 2.24) is 10.2 Å². The molecule has 4 heteroatoms. The van der Waals surface area contributed by atoms with Crippen LogP contribution in [0.15, 0.2) is 0 Å². The lowest BCUT2D eigenvalue weighted by Crippen LogP contribution is -2.44. The predicted octanol–water partition coefficient (Wildman–Crippen LogP) is 0.912. The molecule has 0 aromatic heterocycles. The quantitative estimate of drug-likeness (QED) is 0.736. The third-order valence-electron chi connectivity index (χ3n) is 2.78. The van der Waals surface area contributed by atoms with E-state index in [1.165, 1.54) is 6.92 Å². The highest BCUT2D eigenvalue weighted by Gasteiger charge is 2.25. The SMILES string of the molecule is CCC(C)N(CC(=O)NC1CC1)C(C)=O. The van der Waals surface area contributed by atoms with E-state index in [-0.39, 0.29) is 24.4 Å². The Bertz CT molecular complexity index is 249. The fourth-order valence-corrected chi connectivity index (χ4v) is 1.45. The van der Waals surface area contributed by atoms with Crippen LogP contribution in [0.4, 0.5) is 0 Å². The minimum Gasteiger partial charge on any atom is -0.352 e. The van der Waals surface area contributed by atoms with Gasteiger partial charge in [-0.15, -0.1) is 0 Å². The summed E-state index contributed by atoms with van der Waals surface area (Å²) in [7, 11) is 0. The predicted molar refractivity (Wildman–Crippen MR) is 58.3 cm³/mol. The summed E-state index contributed by atoms with van der Waals surface area (Å²) in [6.45, 7) is 5.68. The first kappa shape index (κ1) is 12.0. The summed E-state index contributed by atoms with van der Waals surface area (Å²) in [5.74, 6) is -0.0664. The molecule has 1 aliphatic rings. The Hall–Kier alpha value is -1.06. The zero-order chi connectivity index (χ0) is 11.4. The molecule has 1 fully saturated rings. The number of rotatable bonds is 5. The van der Waals surface area contributed by atoms with Gasteiger partial charge in [-0.25, -0.2) is 0 Å². The number of nitrogens with zero attached hydrogens (tertiary/aromatic N) is 1. The van der Waals surface area contributed by atoms with Crippen LogP contribution in [0.1, 0.15) is 40.0 Å². The number of hydrogen-bond donors (Lipinski definition) is 1. The minimum absolute atomic E-state index is 0.0321. The standard InChI is InChI=1S/C11H20N2O2/c1-4-8(2)13(9(3)14)7-11(15)12-10-5-6-10/h8,10H,4-7H2,1-3H3,(H,12,15). The summed E-state index contributed by atoms with van der Waals surface area (Å²) in [5, 5.41) is 2.89.